The van der Waals surface area contributed by atoms with Crippen molar-refractivity contribution in [3.8, 4) is 10.4 Å². The van der Waals surface area contributed by atoms with Crippen LogP contribution in [0.1, 0.15) is 0 Å². The maximum absolute atomic E-state index is 10.2. The van der Waals surface area contributed by atoms with Gasteiger partial charge in [0.25, 0.3) is 0 Å². The normalized spacial score (nSPS) is 9.67. The van der Waals surface area contributed by atoms with E-state index in [-0.39, 0.29) is 0 Å². The van der Waals surface area contributed by atoms with E-state index in [0.29, 0.717) is 10.7 Å². The van der Waals surface area contributed by atoms with Crippen molar-refractivity contribution in [3.05, 3.63) is 35.5 Å². The molecule has 0 N–H and O–H groups in total. The number of isocyanates is 1. The minimum atomic E-state index is 0.503. The van der Waals surface area contributed by atoms with Gasteiger partial charge in [-0.3, -0.25) is 0 Å². The molecule has 0 spiro atoms. The first kappa shape index (κ1) is 10.1. The van der Waals surface area contributed by atoms with E-state index in [1.54, 1.807) is 6.07 Å². The third-order valence-electron chi connectivity index (χ3n) is 1.84. The Morgan fingerprint density at radius 1 is 1.40 bits per heavy atom. The van der Waals surface area contributed by atoms with Crippen molar-refractivity contribution in [1.82, 2.24) is 4.37 Å². The lowest BCUT2D eigenvalue weighted by atomic mass is 10.2. The van der Waals surface area contributed by atoms with E-state index in [0.717, 1.165) is 10.4 Å². The minimum Gasteiger partial charge on any atom is -0.211 e. The monoisotopic (exact) mass is 236 g/mol. The van der Waals surface area contributed by atoms with Crippen LogP contribution in [-0.2, 0) is 4.79 Å². The van der Waals surface area contributed by atoms with Crippen molar-refractivity contribution >= 4 is 34.9 Å². The van der Waals surface area contributed by atoms with Gasteiger partial charge in [0.1, 0.15) is 5.69 Å². The van der Waals surface area contributed by atoms with Gasteiger partial charge in [0.05, 0.1) is 11.1 Å². The zero-order valence-electron chi connectivity index (χ0n) is 7.48. The Kier molecular flexibility index (Phi) is 2.92. The Labute approximate surface area is 95.2 Å². The second-order valence-corrected chi connectivity index (χ2v) is 3.93. The fraction of sp³-hybridized carbons (Fsp3) is 0. The van der Waals surface area contributed by atoms with Crippen LogP contribution in [-0.4, -0.2) is 10.5 Å². The van der Waals surface area contributed by atoms with Crippen molar-refractivity contribution in [2.45, 2.75) is 0 Å². The molecular formula is C10H5ClN2OS. The average Bonchev–Trinajstić information content (AvgIpc) is 2.67. The molecule has 2 aromatic rings. The molecule has 0 saturated carbocycles. The van der Waals surface area contributed by atoms with E-state index >= 15 is 0 Å². The Hall–Kier alpha value is -1.48. The van der Waals surface area contributed by atoms with Crippen LogP contribution in [0.25, 0.3) is 10.4 Å². The van der Waals surface area contributed by atoms with E-state index in [9.17, 15) is 4.79 Å². The summed E-state index contributed by atoms with van der Waals surface area (Å²) in [5.41, 5.74) is 1.33. The van der Waals surface area contributed by atoms with Gasteiger partial charge >= 0.3 is 0 Å². The molecule has 0 amide bonds. The lowest BCUT2D eigenvalue weighted by molar-refractivity contribution is 0.565. The molecule has 0 saturated heterocycles. The van der Waals surface area contributed by atoms with Gasteiger partial charge < -0.3 is 0 Å². The van der Waals surface area contributed by atoms with Gasteiger partial charge in [-0.05, 0) is 17.6 Å². The van der Waals surface area contributed by atoms with Gasteiger partial charge in [0.15, 0.2) is 0 Å². The highest BCUT2D eigenvalue weighted by Gasteiger charge is 2.10. The number of benzene rings is 1. The molecule has 1 heterocycles. The largest absolute Gasteiger partial charge is 0.240 e. The fourth-order valence-corrected chi connectivity index (χ4v) is 2.21. The van der Waals surface area contributed by atoms with Gasteiger partial charge in [-0.25, -0.2) is 4.79 Å². The number of carbonyl (C=O) groups excluding carboxylic acids is 1. The predicted molar refractivity (Wildman–Crippen MR) is 60.3 cm³/mol. The second-order valence-electron chi connectivity index (χ2n) is 2.72. The highest BCUT2D eigenvalue weighted by molar-refractivity contribution is 7.10. The van der Waals surface area contributed by atoms with Crippen LogP contribution in [0.2, 0.25) is 5.02 Å². The molecule has 0 aliphatic carbocycles. The summed E-state index contributed by atoms with van der Waals surface area (Å²) in [6.07, 6.45) is 3.02. The Morgan fingerprint density at radius 2 is 2.20 bits per heavy atom. The molecule has 0 unspecified atom stereocenters. The molecular weight excluding hydrogens is 232 g/mol. The van der Waals surface area contributed by atoms with Crippen LogP contribution in [0.3, 0.4) is 0 Å². The molecule has 1 aromatic carbocycles. The maximum atomic E-state index is 10.2. The van der Waals surface area contributed by atoms with Crippen LogP contribution in [0, 0.1) is 0 Å². The van der Waals surface area contributed by atoms with Crippen molar-refractivity contribution in [1.29, 1.82) is 0 Å². The summed E-state index contributed by atoms with van der Waals surface area (Å²) in [5.74, 6) is 0. The van der Waals surface area contributed by atoms with Crippen molar-refractivity contribution in [2.75, 3.05) is 0 Å². The molecule has 0 aliphatic rings. The zero-order valence-corrected chi connectivity index (χ0v) is 9.05. The summed E-state index contributed by atoms with van der Waals surface area (Å²) in [7, 11) is 0. The van der Waals surface area contributed by atoms with Gasteiger partial charge in [-0.15, -0.1) is 0 Å². The van der Waals surface area contributed by atoms with E-state index in [4.69, 9.17) is 11.6 Å². The third kappa shape index (κ3) is 1.97. The van der Waals surface area contributed by atoms with Gasteiger partial charge in [0, 0.05) is 10.6 Å². The molecule has 0 atom stereocenters. The Morgan fingerprint density at radius 3 is 2.93 bits per heavy atom. The molecule has 15 heavy (non-hydrogen) atoms. The second kappa shape index (κ2) is 4.36. The van der Waals surface area contributed by atoms with Crippen molar-refractivity contribution < 1.29 is 4.79 Å². The summed E-state index contributed by atoms with van der Waals surface area (Å²) in [5, 5.41) is 0.615. The van der Waals surface area contributed by atoms with E-state index in [1.165, 1.54) is 23.8 Å². The molecule has 0 radical (unpaired) electrons. The van der Waals surface area contributed by atoms with Crippen LogP contribution in [0.15, 0.2) is 35.5 Å². The molecule has 5 heteroatoms. The average molecular weight is 237 g/mol. The summed E-state index contributed by atoms with van der Waals surface area (Å²) in [4.78, 5) is 14.5. The van der Waals surface area contributed by atoms with Gasteiger partial charge in [0.2, 0.25) is 6.08 Å². The smallest absolute Gasteiger partial charge is 0.211 e. The Bertz CT molecular complexity index is 532. The molecule has 0 bridgehead atoms. The fourth-order valence-electron chi connectivity index (χ4n) is 1.20. The summed E-state index contributed by atoms with van der Waals surface area (Å²) >= 11 is 7.28. The first-order valence-corrected chi connectivity index (χ1v) is 5.25. The maximum Gasteiger partial charge on any atom is 0.240 e. The quantitative estimate of drug-likeness (QED) is 0.592. The number of aliphatic imine (C=N–C) groups is 1. The number of hydrogen-bond donors (Lipinski definition) is 0. The van der Waals surface area contributed by atoms with Crippen molar-refractivity contribution in [2.24, 2.45) is 4.99 Å². The van der Waals surface area contributed by atoms with Crippen LogP contribution in [0.4, 0.5) is 5.69 Å². The molecule has 0 aliphatic heterocycles. The molecule has 2 rings (SSSR count). The van der Waals surface area contributed by atoms with Crippen molar-refractivity contribution in [3.63, 3.8) is 0 Å². The van der Waals surface area contributed by atoms with Crippen LogP contribution in [0.5, 0.6) is 0 Å². The first-order chi connectivity index (χ1) is 7.33. The van der Waals surface area contributed by atoms with Crippen LogP contribution < -0.4 is 0 Å². The molecule has 74 valence electrons. The van der Waals surface area contributed by atoms with Crippen LogP contribution >= 0.6 is 23.1 Å². The molecule has 1 aromatic heterocycles. The summed E-state index contributed by atoms with van der Waals surface area (Å²) in [6.45, 7) is 0. The highest BCUT2D eigenvalue weighted by Crippen LogP contribution is 2.37. The van der Waals surface area contributed by atoms with E-state index in [2.05, 4.69) is 9.37 Å². The number of halogens is 1. The number of hydrogen-bond acceptors (Lipinski definition) is 4. The first-order valence-electron chi connectivity index (χ1n) is 4.10. The van der Waals surface area contributed by atoms with E-state index < -0.39 is 0 Å². The molecule has 3 nitrogen and oxygen atoms in total. The predicted octanol–water partition coefficient (Wildman–Crippen LogP) is 3.43. The lowest BCUT2D eigenvalue weighted by Gasteiger charge is -1.99. The SMILES string of the molecule is O=C=Nc1cnsc1-c1ccccc1Cl. The summed E-state index contributed by atoms with van der Waals surface area (Å²) < 4.78 is 3.97. The standard InChI is InChI=1S/C10H5ClN2OS/c11-8-4-2-1-3-7(8)10-9(12-6-14)5-13-15-10/h1-5H. The zero-order chi connectivity index (χ0) is 10.7. The molecule has 0 fully saturated rings. The van der Waals surface area contributed by atoms with Gasteiger partial charge in [-0.2, -0.15) is 9.37 Å². The topological polar surface area (TPSA) is 42.3 Å². The van der Waals surface area contributed by atoms with Gasteiger partial charge in [-0.1, -0.05) is 29.8 Å². The Balaban J connectivity index is 2.59. The number of aromatic nitrogens is 1. The number of rotatable bonds is 2. The number of nitrogens with zero attached hydrogens (tertiary/aromatic N) is 2. The lowest BCUT2D eigenvalue weighted by Crippen LogP contribution is -1.74. The summed E-state index contributed by atoms with van der Waals surface area (Å²) in [6, 6.07) is 7.36. The van der Waals surface area contributed by atoms with E-state index in [1.807, 2.05) is 18.2 Å². The highest BCUT2D eigenvalue weighted by atomic mass is 35.5. The minimum absolute atomic E-state index is 0.503. The third-order valence-corrected chi connectivity index (χ3v) is 2.99.